The SMILES string of the molecule is COc1ccc(C(C)n2ccnc2)cc1. The molecule has 0 saturated carbocycles. The number of hydrogen-bond donors (Lipinski definition) is 0. The molecular formula is C12H14N2O. The molecule has 0 spiro atoms. The number of ether oxygens (including phenoxy) is 1. The molecule has 78 valence electrons. The summed E-state index contributed by atoms with van der Waals surface area (Å²) in [7, 11) is 1.67. The first kappa shape index (κ1) is 9.77. The summed E-state index contributed by atoms with van der Waals surface area (Å²) in [5, 5.41) is 0. The standard InChI is InChI=1S/C12H14N2O/c1-10(14-8-7-13-9-14)11-3-5-12(15-2)6-4-11/h3-10H,1-2H3. The van der Waals surface area contributed by atoms with Crippen molar-refractivity contribution in [3.05, 3.63) is 48.5 Å². The fourth-order valence-corrected chi connectivity index (χ4v) is 1.55. The van der Waals surface area contributed by atoms with E-state index >= 15 is 0 Å². The van der Waals surface area contributed by atoms with Crippen molar-refractivity contribution in [2.24, 2.45) is 0 Å². The Morgan fingerprint density at radius 2 is 2.00 bits per heavy atom. The van der Waals surface area contributed by atoms with E-state index in [0.717, 1.165) is 5.75 Å². The van der Waals surface area contributed by atoms with E-state index in [1.54, 1.807) is 13.3 Å². The molecule has 0 bridgehead atoms. The number of rotatable bonds is 3. The molecule has 2 rings (SSSR count). The van der Waals surface area contributed by atoms with Crippen LogP contribution in [0.15, 0.2) is 43.0 Å². The number of nitrogens with zero attached hydrogens (tertiary/aromatic N) is 2. The fourth-order valence-electron chi connectivity index (χ4n) is 1.55. The van der Waals surface area contributed by atoms with Crippen molar-refractivity contribution < 1.29 is 4.74 Å². The summed E-state index contributed by atoms with van der Waals surface area (Å²) >= 11 is 0. The highest BCUT2D eigenvalue weighted by atomic mass is 16.5. The van der Waals surface area contributed by atoms with Crippen LogP contribution in [0.4, 0.5) is 0 Å². The third-order valence-electron chi connectivity index (χ3n) is 2.57. The molecule has 0 saturated heterocycles. The lowest BCUT2D eigenvalue weighted by Crippen LogP contribution is -2.03. The van der Waals surface area contributed by atoms with Gasteiger partial charge in [-0.1, -0.05) is 12.1 Å². The molecule has 15 heavy (non-hydrogen) atoms. The second kappa shape index (κ2) is 4.17. The Labute approximate surface area is 89.3 Å². The van der Waals surface area contributed by atoms with Crippen molar-refractivity contribution >= 4 is 0 Å². The highest BCUT2D eigenvalue weighted by Crippen LogP contribution is 2.20. The van der Waals surface area contributed by atoms with Crippen molar-refractivity contribution in [1.29, 1.82) is 0 Å². The molecule has 0 aliphatic rings. The predicted molar refractivity (Wildman–Crippen MR) is 59.0 cm³/mol. The highest BCUT2D eigenvalue weighted by molar-refractivity contribution is 5.29. The van der Waals surface area contributed by atoms with Crippen molar-refractivity contribution in [3.8, 4) is 5.75 Å². The van der Waals surface area contributed by atoms with E-state index in [2.05, 4.69) is 28.6 Å². The van der Waals surface area contributed by atoms with Crippen molar-refractivity contribution in [1.82, 2.24) is 9.55 Å². The van der Waals surface area contributed by atoms with Crippen LogP contribution >= 0.6 is 0 Å². The lowest BCUT2D eigenvalue weighted by Gasteiger charge is -2.13. The van der Waals surface area contributed by atoms with Gasteiger partial charge in [0.15, 0.2) is 0 Å². The summed E-state index contributed by atoms with van der Waals surface area (Å²) in [4.78, 5) is 4.04. The molecule has 0 aliphatic carbocycles. The maximum atomic E-state index is 5.12. The Kier molecular flexibility index (Phi) is 2.72. The lowest BCUT2D eigenvalue weighted by atomic mass is 10.1. The molecule has 0 fully saturated rings. The van der Waals surface area contributed by atoms with Crippen LogP contribution in [0.5, 0.6) is 5.75 Å². The molecule has 0 N–H and O–H groups in total. The van der Waals surface area contributed by atoms with Crippen LogP contribution in [0.25, 0.3) is 0 Å². The lowest BCUT2D eigenvalue weighted by molar-refractivity contribution is 0.414. The Hall–Kier alpha value is -1.77. The quantitative estimate of drug-likeness (QED) is 0.764. The minimum Gasteiger partial charge on any atom is -0.497 e. The number of imidazole rings is 1. The molecule has 1 atom stereocenters. The summed E-state index contributed by atoms with van der Waals surface area (Å²) < 4.78 is 7.19. The van der Waals surface area contributed by atoms with Gasteiger partial charge >= 0.3 is 0 Å². The van der Waals surface area contributed by atoms with E-state index in [-0.39, 0.29) is 0 Å². The first-order chi connectivity index (χ1) is 7.31. The number of benzene rings is 1. The second-order valence-electron chi connectivity index (χ2n) is 3.46. The van der Waals surface area contributed by atoms with Crippen LogP contribution in [-0.2, 0) is 0 Å². The largest absolute Gasteiger partial charge is 0.497 e. The zero-order valence-corrected chi connectivity index (χ0v) is 8.92. The summed E-state index contributed by atoms with van der Waals surface area (Å²) in [6, 6.07) is 8.40. The van der Waals surface area contributed by atoms with Gasteiger partial charge in [-0.2, -0.15) is 0 Å². The first-order valence-corrected chi connectivity index (χ1v) is 4.92. The monoisotopic (exact) mass is 202 g/mol. The third kappa shape index (κ3) is 2.01. The van der Waals surface area contributed by atoms with E-state index in [4.69, 9.17) is 4.74 Å². The number of hydrogen-bond acceptors (Lipinski definition) is 2. The van der Waals surface area contributed by atoms with Gasteiger partial charge in [0, 0.05) is 12.4 Å². The average molecular weight is 202 g/mol. The van der Waals surface area contributed by atoms with Gasteiger partial charge in [-0.25, -0.2) is 4.98 Å². The Bertz CT molecular complexity index is 406. The second-order valence-corrected chi connectivity index (χ2v) is 3.46. The maximum absolute atomic E-state index is 5.12. The summed E-state index contributed by atoms with van der Waals surface area (Å²) in [6.45, 7) is 2.14. The van der Waals surface area contributed by atoms with Crippen LogP contribution in [0.2, 0.25) is 0 Å². The normalized spacial score (nSPS) is 12.4. The van der Waals surface area contributed by atoms with E-state index in [1.165, 1.54) is 5.56 Å². The molecule has 3 nitrogen and oxygen atoms in total. The van der Waals surface area contributed by atoms with Crippen LogP contribution in [0.3, 0.4) is 0 Å². The van der Waals surface area contributed by atoms with Crippen molar-refractivity contribution in [3.63, 3.8) is 0 Å². The number of aromatic nitrogens is 2. The maximum Gasteiger partial charge on any atom is 0.118 e. The molecule has 0 amide bonds. The van der Waals surface area contributed by atoms with Gasteiger partial charge < -0.3 is 9.30 Å². The molecule has 2 aromatic rings. The van der Waals surface area contributed by atoms with Crippen molar-refractivity contribution in [2.45, 2.75) is 13.0 Å². The minimum atomic E-state index is 0.304. The molecular weight excluding hydrogens is 188 g/mol. The Balaban J connectivity index is 2.22. The van der Waals surface area contributed by atoms with Gasteiger partial charge in [0.2, 0.25) is 0 Å². The molecule has 1 unspecified atom stereocenters. The first-order valence-electron chi connectivity index (χ1n) is 4.92. The van der Waals surface area contributed by atoms with Gasteiger partial charge in [-0.15, -0.1) is 0 Å². The van der Waals surface area contributed by atoms with Gasteiger partial charge in [0.1, 0.15) is 5.75 Å². The number of methoxy groups -OCH3 is 1. The molecule has 1 aromatic carbocycles. The average Bonchev–Trinajstić information content (AvgIpc) is 2.82. The summed E-state index contributed by atoms with van der Waals surface area (Å²) in [6.07, 6.45) is 5.59. The fraction of sp³-hybridized carbons (Fsp3) is 0.250. The molecule has 0 aliphatic heterocycles. The molecule has 0 radical (unpaired) electrons. The van der Waals surface area contributed by atoms with Gasteiger partial charge in [0.05, 0.1) is 19.5 Å². The minimum absolute atomic E-state index is 0.304. The summed E-state index contributed by atoms with van der Waals surface area (Å²) in [5.41, 5.74) is 1.24. The molecule has 1 aromatic heterocycles. The smallest absolute Gasteiger partial charge is 0.118 e. The van der Waals surface area contributed by atoms with E-state index in [0.29, 0.717) is 6.04 Å². The molecule has 3 heteroatoms. The Morgan fingerprint density at radius 3 is 2.53 bits per heavy atom. The third-order valence-corrected chi connectivity index (χ3v) is 2.57. The highest BCUT2D eigenvalue weighted by Gasteiger charge is 2.06. The zero-order valence-electron chi connectivity index (χ0n) is 8.92. The zero-order chi connectivity index (χ0) is 10.7. The van der Waals surface area contributed by atoms with E-state index in [1.807, 2.05) is 24.7 Å². The van der Waals surface area contributed by atoms with Gasteiger partial charge in [-0.3, -0.25) is 0 Å². The van der Waals surface area contributed by atoms with E-state index in [9.17, 15) is 0 Å². The topological polar surface area (TPSA) is 27.1 Å². The van der Waals surface area contributed by atoms with Crippen LogP contribution in [-0.4, -0.2) is 16.7 Å². The van der Waals surface area contributed by atoms with Gasteiger partial charge in [0.25, 0.3) is 0 Å². The van der Waals surface area contributed by atoms with Crippen LogP contribution < -0.4 is 4.74 Å². The Morgan fingerprint density at radius 1 is 1.27 bits per heavy atom. The summed E-state index contributed by atoms with van der Waals surface area (Å²) in [5.74, 6) is 0.886. The van der Waals surface area contributed by atoms with Crippen molar-refractivity contribution in [2.75, 3.05) is 7.11 Å². The predicted octanol–water partition coefficient (Wildman–Crippen LogP) is 2.50. The van der Waals surface area contributed by atoms with Crippen LogP contribution in [0.1, 0.15) is 18.5 Å². The van der Waals surface area contributed by atoms with E-state index < -0.39 is 0 Å². The van der Waals surface area contributed by atoms with Gasteiger partial charge in [-0.05, 0) is 24.6 Å². The van der Waals surface area contributed by atoms with Crippen LogP contribution in [0, 0.1) is 0 Å². The molecule has 1 heterocycles.